The van der Waals surface area contributed by atoms with Crippen LogP contribution in [0.4, 0.5) is 0 Å². The molecule has 0 atom stereocenters. The minimum atomic E-state index is -0.0428. The summed E-state index contributed by atoms with van der Waals surface area (Å²) in [5.74, 6) is 0.467. The molecule has 0 amide bonds. The van der Waals surface area contributed by atoms with Crippen molar-refractivity contribution in [2.75, 3.05) is 0 Å². The molecular weight excluding hydrogens is 248 g/mol. The van der Waals surface area contributed by atoms with E-state index < -0.39 is 0 Å². The molecule has 0 unspecified atom stereocenters. The van der Waals surface area contributed by atoms with Crippen LogP contribution in [0.15, 0.2) is 45.4 Å². The van der Waals surface area contributed by atoms with E-state index in [1.807, 2.05) is 31.2 Å². The summed E-state index contributed by atoms with van der Waals surface area (Å²) < 4.78 is 5.16. The Morgan fingerprint density at radius 3 is 2.56 bits per heavy atom. The van der Waals surface area contributed by atoms with E-state index in [9.17, 15) is 4.79 Å². The van der Waals surface area contributed by atoms with Crippen LogP contribution in [0.25, 0.3) is 0 Å². The van der Waals surface area contributed by atoms with Gasteiger partial charge in [-0.2, -0.15) is 0 Å². The van der Waals surface area contributed by atoms with E-state index in [0.29, 0.717) is 16.7 Å². The molecule has 0 radical (unpaired) electrons. The smallest absolute Gasteiger partial charge is 0.280 e. The Balaban J connectivity index is 1.97. The molecule has 1 heterocycles. The number of ketones is 1. The van der Waals surface area contributed by atoms with Gasteiger partial charge in [-0.3, -0.25) is 4.79 Å². The predicted molar refractivity (Wildman–Crippen MR) is 69.5 cm³/mol. The topological polar surface area (TPSA) is 56.0 Å². The number of aryl methyl sites for hydroxylation is 2. The van der Waals surface area contributed by atoms with Crippen LogP contribution < -0.4 is 0 Å². The van der Waals surface area contributed by atoms with Crippen molar-refractivity contribution < 1.29 is 9.21 Å². The van der Waals surface area contributed by atoms with Crippen LogP contribution in [0.2, 0.25) is 0 Å². The van der Waals surface area contributed by atoms with Crippen LogP contribution in [-0.2, 0) is 0 Å². The molecule has 0 N–H and O–H groups in total. The number of carbonyl (C=O) groups excluding carboxylic acids is 1. The van der Waals surface area contributed by atoms with Crippen molar-refractivity contribution in [3.05, 3.63) is 52.8 Å². The summed E-state index contributed by atoms with van der Waals surface area (Å²) in [5, 5.41) is 9.59. The first-order chi connectivity index (χ1) is 8.65. The van der Waals surface area contributed by atoms with Crippen molar-refractivity contribution in [1.82, 2.24) is 10.2 Å². The molecule has 0 spiro atoms. The van der Waals surface area contributed by atoms with Crippen molar-refractivity contribution in [2.24, 2.45) is 0 Å². The molecule has 0 saturated heterocycles. The van der Waals surface area contributed by atoms with Gasteiger partial charge in [-0.1, -0.05) is 29.8 Å². The molecule has 0 bridgehead atoms. The van der Waals surface area contributed by atoms with Gasteiger partial charge >= 0.3 is 0 Å². The summed E-state index contributed by atoms with van der Waals surface area (Å²) in [6, 6.07) is 7.44. The van der Waals surface area contributed by atoms with Crippen molar-refractivity contribution in [3.63, 3.8) is 0 Å². The van der Waals surface area contributed by atoms with Crippen LogP contribution in [0.3, 0.4) is 0 Å². The quantitative estimate of drug-likeness (QED) is 0.480. The van der Waals surface area contributed by atoms with Crippen molar-refractivity contribution in [3.8, 4) is 0 Å². The zero-order valence-electron chi connectivity index (χ0n) is 10.1. The van der Waals surface area contributed by atoms with Crippen LogP contribution in [-0.4, -0.2) is 16.0 Å². The molecular formula is C13H12N2O2S. The van der Waals surface area contributed by atoms with E-state index in [-0.39, 0.29) is 5.78 Å². The predicted octanol–water partition coefficient (Wildman–Crippen LogP) is 3.18. The number of allylic oxidation sites excluding steroid dienone is 1. The fourth-order valence-corrected chi connectivity index (χ4v) is 1.86. The summed E-state index contributed by atoms with van der Waals surface area (Å²) in [4.78, 5) is 11.8. The first kappa shape index (κ1) is 12.6. The third-order valence-corrected chi connectivity index (χ3v) is 2.87. The summed E-state index contributed by atoms with van der Waals surface area (Å²) in [5.41, 5.74) is 1.80. The zero-order chi connectivity index (χ0) is 13.0. The summed E-state index contributed by atoms with van der Waals surface area (Å²) in [6.45, 7) is 3.70. The highest BCUT2D eigenvalue weighted by atomic mass is 32.2. The minimum Gasteiger partial charge on any atom is -0.416 e. The van der Waals surface area contributed by atoms with E-state index in [1.54, 1.807) is 12.3 Å². The number of hydrogen-bond donors (Lipinski definition) is 0. The van der Waals surface area contributed by atoms with E-state index in [2.05, 4.69) is 10.2 Å². The molecule has 0 aliphatic carbocycles. The summed E-state index contributed by atoms with van der Waals surface area (Å²) in [6.07, 6.45) is 1.49. The normalized spacial score (nSPS) is 11.0. The second kappa shape index (κ2) is 5.64. The van der Waals surface area contributed by atoms with Gasteiger partial charge in [0.15, 0.2) is 5.78 Å². The lowest BCUT2D eigenvalue weighted by atomic mass is 10.1. The average Bonchev–Trinajstić information content (AvgIpc) is 2.76. The Labute approximate surface area is 109 Å². The zero-order valence-corrected chi connectivity index (χ0v) is 10.9. The van der Waals surface area contributed by atoms with Crippen LogP contribution in [0.5, 0.6) is 0 Å². The Morgan fingerprint density at radius 2 is 1.94 bits per heavy atom. The second-order valence-electron chi connectivity index (χ2n) is 3.74. The van der Waals surface area contributed by atoms with Crippen molar-refractivity contribution >= 4 is 17.5 Å². The molecule has 0 fully saturated rings. The largest absolute Gasteiger partial charge is 0.416 e. The number of thioether (sulfide) groups is 1. The fraction of sp³-hybridized carbons (Fsp3) is 0.154. The highest BCUT2D eigenvalue weighted by molar-refractivity contribution is 8.01. The molecule has 1 aromatic carbocycles. The van der Waals surface area contributed by atoms with E-state index in [0.717, 1.165) is 5.56 Å². The Bertz CT molecular complexity index is 573. The molecule has 1 aromatic heterocycles. The number of hydrogen-bond acceptors (Lipinski definition) is 5. The molecule has 4 nitrogen and oxygen atoms in total. The summed E-state index contributed by atoms with van der Waals surface area (Å²) in [7, 11) is 0. The molecule has 92 valence electrons. The Morgan fingerprint density at radius 1 is 1.22 bits per heavy atom. The standard InChI is InChI=1S/C13H12N2O2S/c1-9-3-5-11(6-4-9)12(16)7-8-18-13-15-14-10(2)17-13/h3-8H,1-2H3/b8-7+. The van der Waals surface area contributed by atoms with Gasteiger partial charge < -0.3 is 4.42 Å². The monoisotopic (exact) mass is 260 g/mol. The van der Waals surface area contributed by atoms with Gasteiger partial charge in [-0.05, 0) is 30.2 Å². The molecule has 2 aromatic rings. The third-order valence-electron chi connectivity index (χ3n) is 2.23. The number of carbonyl (C=O) groups is 1. The molecule has 0 saturated carbocycles. The second-order valence-corrected chi connectivity index (χ2v) is 4.59. The fourth-order valence-electron chi connectivity index (χ4n) is 1.29. The minimum absolute atomic E-state index is 0.0428. The SMILES string of the molecule is Cc1ccc(C(=O)/C=C/Sc2nnc(C)o2)cc1. The lowest BCUT2D eigenvalue weighted by Crippen LogP contribution is -1.93. The lowest BCUT2D eigenvalue weighted by molar-refractivity contribution is 0.104. The van der Waals surface area contributed by atoms with E-state index in [1.165, 1.54) is 17.8 Å². The molecule has 0 aliphatic heterocycles. The highest BCUT2D eigenvalue weighted by Gasteiger charge is 2.02. The van der Waals surface area contributed by atoms with Crippen LogP contribution >= 0.6 is 11.8 Å². The number of nitrogens with zero attached hydrogens (tertiary/aromatic N) is 2. The van der Waals surface area contributed by atoms with Gasteiger partial charge in [0.2, 0.25) is 5.89 Å². The Kier molecular flexibility index (Phi) is 3.94. The van der Waals surface area contributed by atoms with Gasteiger partial charge in [0.1, 0.15) is 0 Å². The van der Waals surface area contributed by atoms with E-state index >= 15 is 0 Å². The average molecular weight is 260 g/mol. The molecule has 2 rings (SSSR count). The van der Waals surface area contributed by atoms with Gasteiger partial charge in [-0.15, -0.1) is 10.2 Å². The third kappa shape index (κ3) is 3.30. The van der Waals surface area contributed by atoms with Crippen LogP contribution in [0, 0.1) is 13.8 Å². The number of aromatic nitrogens is 2. The number of benzene rings is 1. The van der Waals surface area contributed by atoms with Gasteiger partial charge in [0, 0.05) is 12.5 Å². The van der Waals surface area contributed by atoms with Gasteiger partial charge in [0.05, 0.1) is 0 Å². The Hall–Kier alpha value is -1.88. The van der Waals surface area contributed by atoms with Crippen LogP contribution in [0.1, 0.15) is 21.8 Å². The van der Waals surface area contributed by atoms with Gasteiger partial charge in [-0.25, -0.2) is 0 Å². The maximum Gasteiger partial charge on any atom is 0.280 e. The van der Waals surface area contributed by atoms with Crippen molar-refractivity contribution in [2.45, 2.75) is 19.1 Å². The van der Waals surface area contributed by atoms with E-state index in [4.69, 9.17) is 4.42 Å². The van der Waals surface area contributed by atoms with Crippen molar-refractivity contribution in [1.29, 1.82) is 0 Å². The lowest BCUT2D eigenvalue weighted by Gasteiger charge is -1.95. The van der Waals surface area contributed by atoms with Gasteiger partial charge in [0.25, 0.3) is 5.22 Å². The maximum absolute atomic E-state index is 11.8. The maximum atomic E-state index is 11.8. The molecule has 18 heavy (non-hydrogen) atoms. The summed E-state index contributed by atoms with van der Waals surface area (Å²) >= 11 is 1.23. The highest BCUT2D eigenvalue weighted by Crippen LogP contribution is 2.17. The first-order valence-corrected chi connectivity index (χ1v) is 6.27. The number of rotatable bonds is 4. The molecule has 5 heteroatoms. The first-order valence-electron chi connectivity index (χ1n) is 5.39. The molecule has 0 aliphatic rings.